The van der Waals surface area contributed by atoms with Crippen LogP contribution in [0.2, 0.25) is 0 Å². The van der Waals surface area contributed by atoms with Crippen molar-refractivity contribution in [3.63, 3.8) is 0 Å². The first-order valence-electron chi connectivity index (χ1n) is 9.54. The molecule has 0 radical (unpaired) electrons. The number of carbonyl (C=O) groups excluding carboxylic acids is 2. The number of hydrogen-bond donors (Lipinski definition) is 2. The van der Waals surface area contributed by atoms with Gasteiger partial charge in [-0.1, -0.05) is 12.1 Å². The number of anilines is 1. The van der Waals surface area contributed by atoms with Gasteiger partial charge in [-0.3, -0.25) is 4.79 Å². The summed E-state index contributed by atoms with van der Waals surface area (Å²) in [6, 6.07) is 14.0. The quantitative estimate of drug-likeness (QED) is 0.764. The molecule has 2 N–H and O–H groups in total. The smallest absolute Gasteiger partial charge is 0.319 e. The van der Waals surface area contributed by atoms with E-state index in [1.807, 2.05) is 48.5 Å². The van der Waals surface area contributed by atoms with Gasteiger partial charge in [-0.15, -0.1) is 0 Å². The van der Waals surface area contributed by atoms with E-state index in [1.165, 1.54) is 6.20 Å². The number of methoxy groups -OCH3 is 1. The highest BCUT2D eigenvalue weighted by molar-refractivity contribution is 6.10. The summed E-state index contributed by atoms with van der Waals surface area (Å²) < 4.78 is 10.7. The molecule has 1 saturated heterocycles. The van der Waals surface area contributed by atoms with E-state index in [0.717, 1.165) is 24.3 Å². The molecule has 0 spiro atoms. The van der Waals surface area contributed by atoms with Crippen molar-refractivity contribution >= 4 is 17.5 Å². The molecule has 29 heavy (non-hydrogen) atoms. The number of benzene rings is 2. The van der Waals surface area contributed by atoms with E-state index in [-0.39, 0.29) is 11.8 Å². The van der Waals surface area contributed by atoms with Crippen molar-refractivity contribution in [1.29, 1.82) is 0 Å². The second-order valence-electron chi connectivity index (χ2n) is 6.90. The Morgan fingerprint density at radius 3 is 2.62 bits per heavy atom. The Balaban J connectivity index is 1.59. The third-order valence-corrected chi connectivity index (χ3v) is 5.14. The summed E-state index contributed by atoms with van der Waals surface area (Å²) in [6.45, 7) is 3.10. The lowest BCUT2D eigenvalue weighted by molar-refractivity contribution is 0.102. The molecule has 2 aromatic rings. The topological polar surface area (TPSA) is 79.9 Å². The summed E-state index contributed by atoms with van der Waals surface area (Å²) in [7, 11) is 1.58. The Bertz CT molecular complexity index is 933. The van der Waals surface area contributed by atoms with Crippen molar-refractivity contribution in [3.05, 3.63) is 71.4 Å². The number of carbonyl (C=O) groups is 2. The molecule has 0 bridgehead atoms. The van der Waals surface area contributed by atoms with E-state index in [4.69, 9.17) is 9.47 Å². The van der Waals surface area contributed by atoms with Crippen molar-refractivity contribution in [2.24, 2.45) is 0 Å². The predicted molar refractivity (Wildman–Crippen MR) is 109 cm³/mol. The zero-order valence-corrected chi connectivity index (χ0v) is 16.2. The number of ketones is 1. The highest BCUT2D eigenvalue weighted by atomic mass is 16.5. The van der Waals surface area contributed by atoms with Crippen LogP contribution < -0.4 is 20.3 Å². The second-order valence-corrected chi connectivity index (χ2v) is 6.90. The molecule has 0 saturated carbocycles. The van der Waals surface area contributed by atoms with E-state index < -0.39 is 6.04 Å². The Morgan fingerprint density at radius 1 is 1.14 bits per heavy atom. The van der Waals surface area contributed by atoms with Crippen LogP contribution in [0.15, 0.2) is 60.3 Å². The maximum Gasteiger partial charge on any atom is 0.319 e. The first-order chi connectivity index (χ1) is 14.2. The number of nitrogens with one attached hydrogen (secondary N) is 2. The summed E-state index contributed by atoms with van der Waals surface area (Å²) in [5, 5.41) is 5.42. The lowest BCUT2D eigenvalue weighted by atomic mass is 9.91. The fourth-order valence-electron chi connectivity index (χ4n) is 3.57. The third-order valence-electron chi connectivity index (χ3n) is 5.14. The normalized spacial score (nSPS) is 19.1. The molecular formula is C22H23N3O4. The van der Waals surface area contributed by atoms with Gasteiger partial charge in [0.05, 0.1) is 26.4 Å². The van der Waals surface area contributed by atoms with Crippen LogP contribution >= 0.6 is 0 Å². The second kappa shape index (κ2) is 8.36. The number of urea groups is 1. The van der Waals surface area contributed by atoms with Crippen molar-refractivity contribution in [1.82, 2.24) is 10.6 Å². The fourth-order valence-corrected chi connectivity index (χ4v) is 3.57. The lowest BCUT2D eigenvalue weighted by Crippen LogP contribution is -2.42. The number of rotatable bonds is 5. The molecule has 150 valence electrons. The number of Topliss-reactive ketones (excluding diaryl/α,β-unsaturated/α-hetero) is 1. The average Bonchev–Trinajstić information content (AvgIpc) is 2.79. The minimum atomic E-state index is -0.551. The molecule has 4 rings (SSSR count). The van der Waals surface area contributed by atoms with Crippen molar-refractivity contribution in [3.8, 4) is 5.75 Å². The number of amides is 2. The third kappa shape index (κ3) is 4.09. The number of ether oxygens (including phenoxy) is 2. The van der Waals surface area contributed by atoms with Crippen LogP contribution in [0.3, 0.4) is 0 Å². The molecule has 7 nitrogen and oxygen atoms in total. The summed E-state index contributed by atoms with van der Waals surface area (Å²) in [6.07, 6.45) is 1.49. The molecule has 2 heterocycles. The standard InChI is InChI=1S/C22H23N3O4/c1-28-18-4-2-3-16(13-18)20-19(14-23-22(27)24-20)21(26)15-5-7-17(8-6-15)25-9-11-29-12-10-25/h2-8,13-14,20H,9-12H2,1H3,(H2,23,24,27). The van der Waals surface area contributed by atoms with Gasteiger partial charge in [0.25, 0.3) is 0 Å². The van der Waals surface area contributed by atoms with E-state index >= 15 is 0 Å². The fraction of sp³-hybridized carbons (Fsp3) is 0.273. The maximum atomic E-state index is 13.2. The van der Waals surface area contributed by atoms with Crippen LogP contribution in [0.1, 0.15) is 22.0 Å². The highest BCUT2D eigenvalue weighted by Gasteiger charge is 2.29. The minimum absolute atomic E-state index is 0.140. The Kier molecular flexibility index (Phi) is 5.48. The highest BCUT2D eigenvalue weighted by Crippen LogP contribution is 2.29. The first kappa shape index (κ1) is 19.0. The Morgan fingerprint density at radius 2 is 1.90 bits per heavy atom. The summed E-state index contributed by atoms with van der Waals surface area (Å²) >= 11 is 0. The van der Waals surface area contributed by atoms with Gasteiger partial charge in [0, 0.05) is 36.1 Å². The molecule has 1 unspecified atom stereocenters. The van der Waals surface area contributed by atoms with Crippen LogP contribution in [-0.2, 0) is 4.74 Å². The monoisotopic (exact) mass is 393 g/mol. The first-order valence-corrected chi connectivity index (χ1v) is 9.54. The van der Waals surface area contributed by atoms with Crippen LogP contribution in [0, 0.1) is 0 Å². The minimum Gasteiger partial charge on any atom is -0.497 e. The van der Waals surface area contributed by atoms with Crippen molar-refractivity contribution < 1.29 is 19.1 Å². The molecule has 7 heteroatoms. The number of hydrogen-bond acceptors (Lipinski definition) is 5. The van der Waals surface area contributed by atoms with Gasteiger partial charge in [0.1, 0.15) is 5.75 Å². The van der Waals surface area contributed by atoms with Gasteiger partial charge in [-0.25, -0.2) is 4.79 Å². The van der Waals surface area contributed by atoms with E-state index in [1.54, 1.807) is 7.11 Å². The van der Waals surface area contributed by atoms with Crippen LogP contribution in [0.5, 0.6) is 5.75 Å². The molecule has 2 amide bonds. The summed E-state index contributed by atoms with van der Waals surface area (Å²) in [5.74, 6) is 0.524. The van der Waals surface area contributed by atoms with Gasteiger partial charge in [0.2, 0.25) is 0 Å². The summed E-state index contributed by atoms with van der Waals surface area (Å²) in [4.78, 5) is 27.3. The number of morpholine rings is 1. The molecule has 2 aromatic carbocycles. The summed E-state index contributed by atoms with van der Waals surface area (Å²) in [5.41, 5.74) is 2.89. The van der Waals surface area contributed by atoms with Crippen LogP contribution in [-0.4, -0.2) is 45.2 Å². The lowest BCUT2D eigenvalue weighted by Gasteiger charge is -2.29. The predicted octanol–water partition coefficient (Wildman–Crippen LogP) is 2.65. The molecule has 1 atom stereocenters. The van der Waals surface area contributed by atoms with Gasteiger partial charge >= 0.3 is 6.03 Å². The van der Waals surface area contributed by atoms with E-state index in [0.29, 0.717) is 30.1 Å². The van der Waals surface area contributed by atoms with Crippen LogP contribution in [0.4, 0.5) is 10.5 Å². The number of nitrogens with zero attached hydrogens (tertiary/aromatic N) is 1. The van der Waals surface area contributed by atoms with Gasteiger partial charge in [-0.2, -0.15) is 0 Å². The molecule has 0 aromatic heterocycles. The molecule has 1 fully saturated rings. The Labute approximate surface area is 169 Å². The van der Waals surface area contributed by atoms with Crippen molar-refractivity contribution in [2.45, 2.75) is 6.04 Å². The van der Waals surface area contributed by atoms with Gasteiger partial charge in [0.15, 0.2) is 5.78 Å². The van der Waals surface area contributed by atoms with Gasteiger partial charge in [-0.05, 0) is 42.0 Å². The zero-order chi connectivity index (χ0) is 20.2. The maximum absolute atomic E-state index is 13.2. The molecule has 2 aliphatic rings. The molecular weight excluding hydrogens is 370 g/mol. The zero-order valence-electron chi connectivity index (χ0n) is 16.2. The molecule has 0 aliphatic carbocycles. The Hall–Kier alpha value is -3.32. The van der Waals surface area contributed by atoms with E-state index in [2.05, 4.69) is 15.5 Å². The van der Waals surface area contributed by atoms with Crippen LogP contribution in [0.25, 0.3) is 0 Å². The molecule has 2 aliphatic heterocycles. The largest absolute Gasteiger partial charge is 0.497 e. The van der Waals surface area contributed by atoms with E-state index in [9.17, 15) is 9.59 Å². The van der Waals surface area contributed by atoms with Gasteiger partial charge < -0.3 is 25.0 Å². The van der Waals surface area contributed by atoms with Crippen molar-refractivity contribution in [2.75, 3.05) is 38.3 Å². The average molecular weight is 393 g/mol. The SMILES string of the molecule is COc1cccc(C2NC(=O)NC=C2C(=O)c2ccc(N3CCOCC3)cc2)c1.